The van der Waals surface area contributed by atoms with Gasteiger partial charge in [-0.3, -0.25) is 48.6 Å². The number of primary amides is 1. The van der Waals surface area contributed by atoms with E-state index in [1.807, 2.05) is 31.2 Å². The normalized spacial score (nSPS) is 19.4. The van der Waals surface area contributed by atoms with E-state index in [9.17, 15) is 38.4 Å². The lowest BCUT2D eigenvalue weighted by atomic mass is 9.99. The number of carbonyl (C=O) groups is 8. The molecule has 8 amide bonds. The molecule has 1 saturated heterocycles. The summed E-state index contributed by atoms with van der Waals surface area (Å²) < 4.78 is 0. The van der Waals surface area contributed by atoms with Gasteiger partial charge in [-0.2, -0.15) is 0 Å². The lowest BCUT2D eigenvalue weighted by Crippen LogP contribution is -2.56. The third-order valence-electron chi connectivity index (χ3n) is 13.1. The Balaban J connectivity index is 0.847. The molecule has 6 N–H and O–H groups in total. The largest absolute Gasteiger partial charge is 0.370 e. The Bertz CT molecular complexity index is 2430. The summed E-state index contributed by atoms with van der Waals surface area (Å²) in [4.78, 5) is 107. The molecule has 15 heteroatoms. The minimum absolute atomic E-state index is 0.0915. The topological polar surface area (TPSA) is 217 Å². The number of fused-ring (bicyclic) bond motifs is 1. The van der Waals surface area contributed by atoms with E-state index in [-0.39, 0.29) is 42.9 Å². The summed E-state index contributed by atoms with van der Waals surface area (Å²) in [5.41, 5.74) is 10.8. The van der Waals surface area contributed by atoms with Gasteiger partial charge < -0.3 is 26.6 Å². The zero-order valence-electron chi connectivity index (χ0n) is 37.5. The number of anilines is 1. The lowest BCUT2D eigenvalue weighted by molar-refractivity contribution is -0.137. The van der Waals surface area contributed by atoms with Crippen molar-refractivity contribution < 1.29 is 38.4 Å². The van der Waals surface area contributed by atoms with Crippen molar-refractivity contribution in [3.63, 3.8) is 0 Å². The number of nitrogens with zero attached hydrogens (tertiary/aromatic N) is 2. The second kappa shape index (κ2) is 21.9. The fourth-order valence-electron chi connectivity index (χ4n) is 9.39. The van der Waals surface area contributed by atoms with Gasteiger partial charge in [0.25, 0.3) is 5.91 Å². The van der Waals surface area contributed by atoms with E-state index in [0.29, 0.717) is 49.9 Å². The summed E-state index contributed by atoms with van der Waals surface area (Å²) in [7, 11) is 0. The number of nitrogens with one attached hydrogen (secondary N) is 4. The standard InChI is InChI=1S/C51H59N7O8/c1-32-23-24-35-20-14-21-36-30-41(58(45(35)36)50(32)65)48(63)54-39(25-27-42(52)59)46(61)56-44(34-17-11-9-12-18-34)49(64)53-29-13-8-6-4-2-3-5-7-10-16-33-19-15-22-37-38(33)31-57(51(37)66)40-26-28-43(60)55-47(40)62/h9,11-12,14-15,17-22,32,39-41,44H,2-8,13,23-31H2,1H3,(H2,52,59)(H,53,64)(H,54,63)(H,56,61)(H,55,60,62)/t32-,39-,40?,41-,44-/m0/s1. The number of hydrogen-bond donors (Lipinski definition) is 5. The van der Waals surface area contributed by atoms with E-state index in [1.54, 1.807) is 47.4 Å². The van der Waals surface area contributed by atoms with Gasteiger partial charge in [0, 0.05) is 55.8 Å². The molecular formula is C51H59N7O8. The van der Waals surface area contributed by atoms with E-state index in [2.05, 4.69) is 33.1 Å². The van der Waals surface area contributed by atoms with Crippen LogP contribution in [0.4, 0.5) is 5.69 Å². The van der Waals surface area contributed by atoms with Gasteiger partial charge in [-0.25, -0.2) is 0 Å². The Kier molecular flexibility index (Phi) is 15.7. The molecule has 0 radical (unpaired) electrons. The molecule has 7 rings (SSSR count). The molecular weight excluding hydrogens is 839 g/mol. The number of aryl methyl sites for hydroxylation is 1. The molecule has 4 heterocycles. The van der Waals surface area contributed by atoms with Crippen LogP contribution in [0.2, 0.25) is 0 Å². The Labute approximate surface area is 385 Å². The highest BCUT2D eigenvalue weighted by molar-refractivity contribution is 6.07. The second-order valence-corrected chi connectivity index (χ2v) is 17.8. The maximum absolute atomic E-state index is 14.0. The van der Waals surface area contributed by atoms with Crippen molar-refractivity contribution in [2.45, 2.75) is 134 Å². The first-order chi connectivity index (χ1) is 31.9. The van der Waals surface area contributed by atoms with Crippen molar-refractivity contribution >= 4 is 52.9 Å². The molecule has 1 unspecified atom stereocenters. The van der Waals surface area contributed by atoms with Gasteiger partial charge >= 0.3 is 0 Å². The monoisotopic (exact) mass is 897 g/mol. The van der Waals surface area contributed by atoms with Crippen molar-refractivity contribution in [1.82, 2.24) is 26.2 Å². The number of piperidine rings is 1. The average Bonchev–Trinajstić information content (AvgIpc) is 3.83. The lowest BCUT2D eigenvalue weighted by Gasteiger charge is -2.29. The molecule has 0 aromatic heterocycles. The van der Waals surface area contributed by atoms with Crippen LogP contribution >= 0.6 is 0 Å². The molecule has 0 saturated carbocycles. The molecule has 0 aliphatic carbocycles. The predicted molar refractivity (Wildman–Crippen MR) is 246 cm³/mol. The van der Waals surface area contributed by atoms with Crippen molar-refractivity contribution in [2.24, 2.45) is 11.7 Å². The van der Waals surface area contributed by atoms with Crippen LogP contribution in [0.1, 0.15) is 135 Å². The molecule has 4 aliphatic heterocycles. The Morgan fingerprint density at radius 2 is 1.55 bits per heavy atom. The van der Waals surface area contributed by atoms with Crippen LogP contribution in [-0.4, -0.2) is 76.8 Å². The molecule has 1 fully saturated rings. The smallest absolute Gasteiger partial charge is 0.255 e. The second-order valence-electron chi connectivity index (χ2n) is 17.8. The first-order valence-corrected chi connectivity index (χ1v) is 23.3. The van der Waals surface area contributed by atoms with Crippen LogP contribution in [0.15, 0.2) is 66.7 Å². The fourth-order valence-corrected chi connectivity index (χ4v) is 9.39. The third-order valence-corrected chi connectivity index (χ3v) is 13.1. The van der Waals surface area contributed by atoms with Crippen molar-refractivity contribution in [3.05, 3.63) is 100 Å². The van der Waals surface area contributed by atoms with Crippen molar-refractivity contribution in [2.75, 3.05) is 11.4 Å². The minimum Gasteiger partial charge on any atom is -0.370 e. The molecule has 3 aromatic rings. The van der Waals surface area contributed by atoms with Gasteiger partial charge in [-0.15, -0.1) is 0 Å². The summed E-state index contributed by atoms with van der Waals surface area (Å²) >= 11 is 0. The summed E-state index contributed by atoms with van der Waals surface area (Å²) in [6, 6.07) is 16.3. The number of amides is 8. The number of unbranched alkanes of at least 4 members (excludes halogenated alkanes) is 7. The molecule has 4 aliphatic rings. The summed E-state index contributed by atoms with van der Waals surface area (Å²) in [5, 5.41) is 10.9. The van der Waals surface area contributed by atoms with E-state index in [1.165, 1.54) is 4.90 Å². The molecule has 15 nitrogen and oxygen atoms in total. The Hall–Kier alpha value is -6.82. The van der Waals surface area contributed by atoms with Crippen LogP contribution in [0, 0.1) is 17.8 Å². The minimum atomic E-state index is -1.20. The molecule has 0 bridgehead atoms. The molecule has 3 aromatic carbocycles. The fraction of sp³-hybridized carbons (Fsp3) is 0.451. The van der Waals surface area contributed by atoms with E-state index in [4.69, 9.17) is 5.73 Å². The van der Waals surface area contributed by atoms with Crippen LogP contribution in [0.5, 0.6) is 0 Å². The summed E-state index contributed by atoms with van der Waals surface area (Å²) in [5.74, 6) is 2.86. The Morgan fingerprint density at radius 3 is 2.30 bits per heavy atom. The highest BCUT2D eigenvalue weighted by Gasteiger charge is 2.44. The van der Waals surface area contributed by atoms with Gasteiger partial charge in [0.05, 0.1) is 5.69 Å². The number of benzene rings is 3. The highest BCUT2D eigenvalue weighted by Crippen LogP contribution is 2.40. The van der Waals surface area contributed by atoms with E-state index in [0.717, 1.165) is 79.3 Å². The van der Waals surface area contributed by atoms with Gasteiger partial charge in [-0.05, 0) is 72.9 Å². The molecule has 0 spiro atoms. The van der Waals surface area contributed by atoms with Gasteiger partial charge in [0.2, 0.25) is 41.4 Å². The van der Waals surface area contributed by atoms with Crippen LogP contribution < -0.4 is 31.9 Å². The number of nitrogens with two attached hydrogens (primary N) is 1. The zero-order valence-corrected chi connectivity index (χ0v) is 37.5. The van der Waals surface area contributed by atoms with Gasteiger partial charge in [-0.1, -0.05) is 105 Å². The zero-order chi connectivity index (χ0) is 46.7. The maximum Gasteiger partial charge on any atom is 0.255 e. The first-order valence-electron chi connectivity index (χ1n) is 23.3. The summed E-state index contributed by atoms with van der Waals surface area (Å²) in [6.45, 7) is 2.55. The third kappa shape index (κ3) is 11.2. The van der Waals surface area contributed by atoms with Gasteiger partial charge in [0.1, 0.15) is 24.2 Å². The predicted octanol–water partition coefficient (Wildman–Crippen LogP) is 4.18. The van der Waals surface area contributed by atoms with E-state index >= 15 is 0 Å². The van der Waals surface area contributed by atoms with E-state index < -0.39 is 53.7 Å². The highest BCUT2D eigenvalue weighted by atomic mass is 16.2. The maximum atomic E-state index is 14.0. The SMILES string of the molecule is C[C@H]1CCc2cccc3c2N(C1=O)[C@H](C(=O)N[C@@H](CCC(N)=O)C(=O)N[C@H](C(=O)NCCCCCCCCCC#Cc1cccc2c1CN(C1CCC(=O)NC1=O)C2=O)c1ccccc1)C3. The quantitative estimate of drug-likeness (QED) is 0.0667. The molecule has 5 atom stereocenters. The van der Waals surface area contributed by atoms with Gasteiger partial charge in [0.15, 0.2) is 0 Å². The number of imide groups is 1. The number of hydrogen-bond acceptors (Lipinski definition) is 8. The van der Waals surface area contributed by atoms with Crippen LogP contribution in [0.25, 0.3) is 0 Å². The van der Waals surface area contributed by atoms with Crippen molar-refractivity contribution in [1.29, 1.82) is 0 Å². The molecule has 66 heavy (non-hydrogen) atoms. The van der Waals surface area contributed by atoms with Crippen LogP contribution in [0.3, 0.4) is 0 Å². The summed E-state index contributed by atoms with van der Waals surface area (Å²) in [6.07, 6.45) is 9.31. The number of para-hydroxylation sites is 1. The van der Waals surface area contributed by atoms with Crippen LogP contribution in [-0.2, 0) is 52.9 Å². The average molecular weight is 898 g/mol. The number of rotatable bonds is 19. The molecule has 346 valence electrons. The first kappa shape index (κ1) is 47.2. The van der Waals surface area contributed by atoms with Crippen molar-refractivity contribution in [3.8, 4) is 11.8 Å². The Morgan fingerprint density at radius 1 is 0.818 bits per heavy atom. The number of carbonyl (C=O) groups excluding carboxylic acids is 8.